The van der Waals surface area contributed by atoms with E-state index in [-0.39, 0.29) is 0 Å². The van der Waals surface area contributed by atoms with Gasteiger partial charge in [0.15, 0.2) is 0 Å². The molecule has 24 heavy (non-hydrogen) atoms. The van der Waals surface area contributed by atoms with Crippen LogP contribution in [0.5, 0.6) is 0 Å². The van der Waals surface area contributed by atoms with E-state index in [1.54, 1.807) is 12.1 Å². The van der Waals surface area contributed by atoms with Crippen LogP contribution in [-0.2, 0) is 0 Å². The minimum atomic E-state index is -2.80. The summed E-state index contributed by atoms with van der Waals surface area (Å²) < 4.78 is 28.5. The van der Waals surface area contributed by atoms with Crippen LogP contribution in [0.3, 0.4) is 0 Å². The van der Waals surface area contributed by atoms with Crippen LogP contribution in [0.15, 0.2) is 54.6 Å². The highest BCUT2D eigenvalue weighted by Gasteiger charge is 2.40. The van der Waals surface area contributed by atoms with E-state index in [1.807, 2.05) is 47.4 Å². The van der Waals surface area contributed by atoms with Crippen LogP contribution in [0.1, 0.15) is 18.5 Å². The van der Waals surface area contributed by atoms with Gasteiger partial charge in [-0.15, -0.1) is 0 Å². The van der Waals surface area contributed by atoms with Gasteiger partial charge in [-0.25, -0.2) is 8.78 Å². The standard InChI is InChI=1S/C19H23F2N3/c1-19(20,21)18(15-7-3-2-4-8-15)24-13-11-23(12-14-24)17-10-6-5-9-16(17)22/h2-10,18H,11-14,22H2,1H3. The van der Waals surface area contributed by atoms with Crippen molar-refractivity contribution in [3.63, 3.8) is 0 Å². The predicted molar refractivity (Wildman–Crippen MR) is 94.4 cm³/mol. The van der Waals surface area contributed by atoms with Crippen molar-refractivity contribution in [2.45, 2.75) is 18.9 Å². The molecular formula is C19H23F2N3. The van der Waals surface area contributed by atoms with Gasteiger partial charge in [-0.1, -0.05) is 42.5 Å². The number of alkyl halides is 2. The summed E-state index contributed by atoms with van der Waals surface area (Å²) in [7, 11) is 0. The van der Waals surface area contributed by atoms with Crippen LogP contribution >= 0.6 is 0 Å². The number of halogens is 2. The van der Waals surface area contributed by atoms with Crippen LogP contribution in [0.4, 0.5) is 20.2 Å². The van der Waals surface area contributed by atoms with Gasteiger partial charge < -0.3 is 10.6 Å². The zero-order valence-electron chi connectivity index (χ0n) is 13.8. The quantitative estimate of drug-likeness (QED) is 0.865. The zero-order valence-corrected chi connectivity index (χ0v) is 13.8. The highest BCUT2D eigenvalue weighted by molar-refractivity contribution is 5.67. The van der Waals surface area contributed by atoms with Crippen LogP contribution in [0.25, 0.3) is 0 Å². The van der Waals surface area contributed by atoms with Crippen LogP contribution in [-0.4, -0.2) is 37.0 Å². The molecule has 1 aliphatic rings. The maximum Gasteiger partial charge on any atom is 0.264 e. The van der Waals surface area contributed by atoms with Gasteiger partial charge in [0.05, 0.1) is 17.4 Å². The van der Waals surface area contributed by atoms with Gasteiger partial charge in [-0.3, -0.25) is 4.90 Å². The van der Waals surface area contributed by atoms with E-state index in [9.17, 15) is 8.78 Å². The smallest absolute Gasteiger partial charge is 0.264 e. The third-order valence-corrected chi connectivity index (χ3v) is 4.55. The first-order valence-electron chi connectivity index (χ1n) is 8.23. The van der Waals surface area contributed by atoms with Gasteiger partial charge in [0.25, 0.3) is 5.92 Å². The monoisotopic (exact) mass is 331 g/mol. The van der Waals surface area contributed by atoms with Crippen LogP contribution in [0, 0.1) is 0 Å². The summed E-state index contributed by atoms with van der Waals surface area (Å²) in [5, 5.41) is 0. The highest BCUT2D eigenvalue weighted by Crippen LogP contribution is 2.37. The molecule has 2 N–H and O–H groups in total. The van der Waals surface area contributed by atoms with Gasteiger partial charge in [0.2, 0.25) is 0 Å². The van der Waals surface area contributed by atoms with E-state index >= 15 is 0 Å². The molecule has 3 nitrogen and oxygen atoms in total. The first kappa shape index (κ1) is 16.7. The molecule has 3 rings (SSSR count). The number of nitrogens with two attached hydrogens (primary N) is 1. The molecule has 0 radical (unpaired) electrons. The molecule has 0 amide bonds. The molecular weight excluding hydrogens is 308 g/mol. The van der Waals surface area contributed by atoms with E-state index in [1.165, 1.54) is 0 Å². The van der Waals surface area contributed by atoms with Crippen molar-refractivity contribution in [2.24, 2.45) is 0 Å². The van der Waals surface area contributed by atoms with Gasteiger partial charge in [-0.2, -0.15) is 0 Å². The number of para-hydroxylation sites is 2. The predicted octanol–water partition coefficient (Wildman–Crippen LogP) is 3.79. The topological polar surface area (TPSA) is 32.5 Å². The SMILES string of the molecule is CC(F)(F)C(c1ccccc1)N1CCN(c2ccccc2N)CC1. The van der Waals surface area contributed by atoms with Crippen LogP contribution < -0.4 is 10.6 Å². The number of piperazine rings is 1. The second-order valence-electron chi connectivity index (χ2n) is 6.35. The fraction of sp³-hybridized carbons (Fsp3) is 0.368. The summed E-state index contributed by atoms with van der Waals surface area (Å²) in [6.45, 7) is 3.54. The maximum atomic E-state index is 14.3. The fourth-order valence-corrected chi connectivity index (χ4v) is 3.46. The average Bonchev–Trinajstić information content (AvgIpc) is 2.56. The molecule has 1 saturated heterocycles. The summed E-state index contributed by atoms with van der Waals surface area (Å²) in [6, 6.07) is 15.8. The van der Waals surface area contributed by atoms with E-state index in [0.717, 1.165) is 18.3 Å². The molecule has 0 bridgehead atoms. The second-order valence-corrected chi connectivity index (χ2v) is 6.35. The van der Waals surface area contributed by atoms with Gasteiger partial charge in [0, 0.05) is 33.1 Å². The Balaban J connectivity index is 1.76. The molecule has 1 aliphatic heterocycles. The minimum Gasteiger partial charge on any atom is -0.397 e. The van der Waals surface area contributed by atoms with Crippen molar-refractivity contribution in [2.75, 3.05) is 36.8 Å². The van der Waals surface area contributed by atoms with Crippen LogP contribution in [0.2, 0.25) is 0 Å². The number of hydrogen-bond donors (Lipinski definition) is 1. The molecule has 0 aliphatic carbocycles. The molecule has 2 aromatic rings. The Morgan fingerprint density at radius 1 is 0.917 bits per heavy atom. The number of benzene rings is 2. The normalized spacial score (nSPS) is 17.7. The Morgan fingerprint density at radius 2 is 1.50 bits per heavy atom. The number of nitrogen functional groups attached to an aromatic ring is 1. The molecule has 0 spiro atoms. The Morgan fingerprint density at radius 3 is 2.08 bits per heavy atom. The second kappa shape index (κ2) is 6.77. The zero-order chi connectivity index (χ0) is 17.2. The number of hydrogen-bond acceptors (Lipinski definition) is 3. The Labute approximate surface area is 141 Å². The molecule has 1 heterocycles. The molecule has 1 atom stereocenters. The molecule has 1 fully saturated rings. The maximum absolute atomic E-state index is 14.3. The Hall–Kier alpha value is -2.14. The highest BCUT2D eigenvalue weighted by atomic mass is 19.3. The lowest BCUT2D eigenvalue weighted by Crippen LogP contribution is -2.51. The largest absolute Gasteiger partial charge is 0.397 e. The molecule has 128 valence electrons. The van der Waals surface area contributed by atoms with Gasteiger partial charge in [-0.05, 0) is 17.7 Å². The molecule has 1 unspecified atom stereocenters. The van der Waals surface area contributed by atoms with Crippen molar-refractivity contribution >= 4 is 11.4 Å². The molecule has 0 aromatic heterocycles. The van der Waals surface area contributed by atoms with E-state index in [4.69, 9.17) is 5.73 Å². The van der Waals surface area contributed by atoms with Crippen molar-refractivity contribution < 1.29 is 8.78 Å². The number of nitrogens with zero attached hydrogens (tertiary/aromatic N) is 2. The lowest BCUT2D eigenvalue weighted by molar-refractivity contribution is -0.0702. The summed E-state index contributed by atoms with van der Waals surface area (Å²) in [6.07, 6.45) is 0. The summed E-state index contributed by atoms with van der Waals surface area (Å²) >= 11 is 0. The van der Waals surface area contributed by atoms with Crippen molar-refractivity contribution in [1.82, 2.24) is 4.90 Å². The lowest BCUT2D eigenvalue weighted by Gasteiger charge is -2.42. The molecule has 2 aromatic carbocycles. The van der Waals surface area contributed by atoms with Crippen molar-refractivity contribution in [3.8, 4) is 0 Å². The van der Waals surface area contributed by atoms with Crippen molar-refractivity contribution in [3.05, 3.63) is 60.2 Å². The third-order valence-electron chi connectivity index (χ3n) is 4.55. The Bertz CT molecular complexity index is 662. The van der Waals surface area contributed by atoms with E-state index < -0.39 is 12.0 Å². The third kappa shape index (κ3) is 3.51. The number of anilines is 2. The lowest BCUT2D eigenvalue weighted by atomic mass is 9.99. The minimum absolute atomic E-state index is 0.581. The average molecular weight is 331 g/mol. The van der Waals surface area contributed by atoms with Gasteiger partial charge in [0.1, 0.15) is 0 Å². The van der Waals surface area contributed by atoms with Gasteiger partial charge >= 0.3 is 0 Å². The number of rotatable bonds is 4. The fourth-order valence-electron chi connectivity index (χ4n) is 3.46. The Kier molecular flexibility index (Phi) is 4.71. The van der Waals surface area contributed by atoms with E-state index in [2.05, 4.69) is 4.90 Å². The van der Waals surface area contributed by atoms with E-state index in [0.29, 0.717) is 31.7 Å². The first-order valence-corrected chi connectivity index (χ1v) is 8.23. The summed E-state index contributed by atoms with van der Waals surface area (Å²) in [5.41, 5.74) is 8.41. The summed E-state index contributed by atoms with van der Waals surface area (Å²) in [5.74, 6) is -2.80. The first-order chi connectivity index (χ1) is 11.5. The molecule has 5 heteroatoms. The summed E-state index contributed by atoms with van der Waals surface area (Å²) in [4.78, 5) is 4.05. The van der Waals surface area contributed by atoms with Crippen molar-refractivity contribution in [1.29, 1.82) is 0 Å². The molecule has 0 saturated carbocycles.